The maximum absolute atomic E-state index is 12.2. The number of carbonyl (C=O) groups is 1. The topological polar surface area (TPSA) is 68.0 Å². The zero-order valence-corrected chi connectivity index (χ0v) is 11.6. The Labute approximate surface area is 119 Å². The number of pyridine rings is 1. The second kappa shape index (κ2) is 7.60. The van der Waals surface area contributed by atoms with E-state index in [0.717, 1.165) is 43.1 Å². The molecule has 106 valence electrons. The zero-order chi connectivity index (χ0) is 14.2. The molecule has 0 aliphatic carbocycles. The molecule has 3 N–H and O–H groups in total. The first-order chi connectivity index (χ1) is 9.83. The minimum atomic E-state index is -0.0255. The summed E-state index contributed by atoms with van der Waals surface area (Å²) in [6.45, 7) is 1.45. The van der Waals surface area contributed by atoms with Crippen LogP contribution in [0.2, 0.25) is 0 Å². The van der Waals surface area contributed by atoms with Crippen LogP contribution in [-0.4, -0.2) is 24.0 Å². The molecular formula is C16H21N3O. The molecule has 0 fully saturated rings. The number of nitrogens with two attached hydrogens (primary N) is 1. The Bertz CT molecular complexity index is 563. The summed E-state index contributed by atoms with van der Waals surface area (Å²) in [4.78, 5) is 16.5. The lowest BCUT2D eigenvalue weighted by atomic mass is 10.1. The predicted octanol–water partition coefficient (Wildman–Crippen LogP) is 2.48. The van der Waals surface area contributed by atoms with Gasteiger partial charge in [0.05, 0.1) is 5.52 Å². The van der Waals surface area contributed by atoms with Crippen molar-refractivity contribution in [3.8, 4) is 0 Å². The van der Waals surface area contributed by atoms with E-state index in [1.54, 1.807) is 6.20 Å². The highest BCUT2D eigenvalue weighted by atomic mass is 16.1. The standard InChI is InChI=1S/C16H21N3O/c17-10-3-1-2-4-11-19-16(20)14-7-5-9-15-13(14)8-6-12-18-15/h5-9,12H,1-4,10-11,17H2,(H,19,20). The van der Waals surface area contributed by atoms with Gasteiger partial charge >= 0.3 is 0 Å². The van der Waals surface area contributed by atoms with Crippen LogP contribution >= 0.6 is 0 Å². The Hall–Kier alpha value is -1.94. The third-order valence-corrected chi connectivity index (χ3v) is 3.31. The van der Waals surface area contributed by atoms with Crippen LogP contribution in [0.3, 0.4) is 0 Å². The van der Waals surface area contributed by atoms with Crippen LogP contribution in [0.25, 0.3) is 10.9 Å². The average molecular weight is 271 g/mol. The second-order valence-electron chi connectivity index (χ2n) is 4.83. The molecule has 0 spiro atoms. The van der Waals surface area contributed by atoms with E-state index in [9.17, 15) is 4.79 Å². The maximum Gasteiger partial charge on any atom is 0.251 e. The first-order valence-electron chi connectivity index (χ1n) is 7.15. The summed E-state index contributed by atoms with van der Waals surface area (Å²) in [5, 5.41) is 3.87. The predicted molar refractivity (Wildman–Crippen MR) is 81.6 cm³/mol. The van der Waals surface area contributed by atoms with Crippen molar-refractivity contribution in [2.75, 3.05) is 13.1 Å². The highest BCUT2D eigenvalue weighted by molar-refractivity contribution is 6.06. The first kappa shape index (κ1) is 14.5. The number of nitrogens with zero attached hydrogens (tertiary/aromatic N) is 1. The quantitative estimate of drug-likeness (QED) is 0.760. The third-order valence-electron chi connectivity index (χ3n) is 3.31. The van der Waals surface area contributed by atoms with E-state index >= 15 is 0 Å². The van der Waals surface area contributed by atoms with E-state index in [-0.39, 0.29) is 5.91 Å². The molecule has 1 heterocycles. The molecule has 4 nitrogen and oxygen atoms in total. The molecule has 0 saturated carbocycles. The lowest BCUT2D eigenvalue weighted by Gasteiger charge is -2.07. The highest BCUT2D eigenvalue weighted by Crippen LogP contribution is 2.16. The molecule has 0 bridgehead atoms. The molecular weight excluding hydrogens is 250 g/mol. The number of hydrogen-bond acceptors (Lipinski definition) is 3. The minimum Gasteiger partial charge on any atom is -0.352 e. The number of amides is 1. The van der Waals surface area contributed by atoms with Gasteiger partial charge in [-0.05, 0) is 37.6 Å². The molecule has 0 radical (unpaired) electrons. The van der Waals surface area contributed by atoms with E-state index in [1.165, 1.54) is 0 Å². The Morgan fingerprint density at radius 1 is 1.10 bits per heavy atom. The van der Waals surface area contributed by atoms with Crippen LogP contribution in [0.15, 0.2) is 36.5 Å². The fraction of sp³-hybridized carbons (Fsp3) is 0.375. The number of hydrogen-bond donors (Lipinski definition) is 2. The summed E-state index contributed by atoms with van der Waals surface area (Å²) < 4.78 is 0. The van der Waals surface area contributed by atoms with Crippen LogP contribution in [0.4, 0.5) is 0 Å². The van der Waals surface area contributed by atoms with Gasteiger partial charge in [-0.2, -0.15) is 0 Å². The average Bonchev–Trinajstić information content (AvgIpc) is 2.50. The van der Waals surface area contributed by atoms with Gasteiger partial charge in [0.25, 0.3) is 5.91 Å². The molecule has 0 aliphatic heterocycles. The van der Waals surface area contributed by atoms with E-state index in [0.29, 0.717) is 12.1 Å². The van der Waals surface area contributed by atoms with Crippen molar-refractivity contribution in [2.24, 2.45) is 5.73 Å². The summed E-state index contributed by atoms with van der Waals surface area (Å²) in [5.74, 6) is -0.0255. The van der Waals surface area contributed by atoms with E-state index in [2.05, 4.69) is 10.3 Å². The van der Waals surface area contributed by atoms with E-state index < -0.39 is 0 Å². The van der Waals surface area contributed by atoms with Crippen molar-refractivity contribution in [3.05, 3.63) is 42.1 Å². The largest absolute Gasteiger partial charge is 0.352 e. The Balaban J connectivity index is 1.91. The van der Waals surface area contributed by atoms with Gasteiger partial charge in [-0.1, -0.05) is 25.0 Å². The highest BCUT2D eigenvalue weighted by Gasteiger charge is 2.09. The minimum absolute atomic E-state index is 0.0255. The van der Waals surface area contributed by atoms with Crippen LogP contribution < -0.4 is 11.1 Å². The van der Waals surface area contributed by atoms with Crippen LogP contribution in [0, 0.1) is 0 Å². The van der Waals surface area contributed by atoms with E-state index in [4.69, 9.17) is 5.73 Å². The lowest BCUT2D eigenvalue weighted by Crippen LogP contribution is -2.24. The van der Waals surface area contributed by atoms with Gasteiger partial charge in [-0.3, -0.25) is 9.78 Å². The summed E-state index contributed by atoms with van der Waals surface area (Å²) in [5.41, 5.74) is 6.99. The van der Waals surface area contributed by atoms with Crippen molar-refractivity contribution < 1.29 is 4.79 Å². The van der Waals surface area contributed by atoms with Gasteiger partial charge < -0.3 is 11.1 Å². The molecule has 0 saturated heterocycles. The number of unbranched alkanes of at least 4 members (excludes halogenated alkanes) is 3. The van der Waals surface area contributed by atoms with Crippen molar-refractivity contribution >= 4 is 16.8 Å². The zero-order valence-electron chi connectivity index (χ0n) is 11.6. The molecule has 2 rings (SSSR count). The molecule has 2 aromatic rings. The van der Waals surface area contributed by atoms with Gasteiger partial charge in [0.15, 0.2) is 0 Å². The van der Waals surface area contributed by atoms with Crippen LogP contribution in [0.1, 0.15) is 36.0 Å². The van der Waals surface area contributed by atoms with Crippen molar-refractivity contribution in [2.45, 2.75) is 25.7 Å². The molecule has 0 unspecified atom stereocenters. The Morgan fingerprint density at radius 2 is 1.95 bits per heavy atom. The molecule has 20 heavy (non-hydrogen) atoms. The molecule has 0 atom stereocenters. The number of nitrogens with one attached hydrogen (secondary N) is 1. The van der Waals surface area contributed by atoms with Crippen LogP contribution in [0.5, 0.6) is 0 Å². The first-order valence-corrected chi connectivity index (χ1v) is 7.15. The molecule has 1 amide bonds. The molecule has 4 heteroatoms. The summed E-state index contributed by atoms with van der Waals surface area (Å²) in [6, 6.07) is 9.41. The lowest BCUT2D eigenvalue weighted by molar-refractivity contribution is 0.0954. The van der Waals surface area contributed by atoms with E-state index in [1.807, 2.05) is 30.3 Å². The normalized spacial score (nSPS) is 10.7. The van der Waals surface area contributed by atoms with Gasteiger partial charge in [0.1, 0.15) is 0 Å². The monoisotopic (exact) mass is 271 g/mol. The number of rotatable bonds is 7. The fourth-order valence-electron chi connectivity index (χ4n) is 2.22. The summed E-state index contributed by atoms with van der Waals surface area (Å²) in [6.07, 6.45) is 6.03. The van der Waals surface area contributed by atoms with Gasteiger partial charge in [0.2, 0.25) is 0 Å². The van der Waals surface area contributed by atoms with Crippen molar-refractivity contribution in [1.29, 1.82) is 0 Å². The molecule has 0 aliphatic rings. The number of fused-ring (bicyclic) bond motifs is 1. The number of aromatic nitrogens is 1. The molecule has 1 aromatic heterocycles. The fourth-order valence-corrected chi connectivity index (χ4v) is 2.22. The Kier molecular flexibility index (Phi) is 5.50. The van der Waals surface area contributed by atoms with Crippen LogP contribution in [-0.2, 0) is 0 Å². The summed E-state index contributed by atoms with van der Waals surface area (Å²) in [7, 11) is 0. The van der Waals surface area contributed by atoms with Gasteiger partial charge in [-0.15, -0.1) is 0 Å². The van der Waals surface area contributed by atoms with Gasteiger partial charge in [-0.25, -0.2) is 0 Å². The SMILES string of the molecule is NCCCCCCNC(=O)c1cccc2ncccc12. The number of benzene rings is 1. The maximum atomic E-state index is 12.2. The second-order valence-corrected chi connectivity index (χ2v) is 4.83. The number of carbonyl (C=O) groups excluding carboxylic acids is 1. The summed E-state index contributed by atoms with van der Waals surface area (Å²) >= 11 is 0. The third kappa shape index (κ3) is 3.78. The van der Waals surface area contributed by atoms with Crippen molar-refractivity contribution in [1.82, 2.24) is 10.3 Å². The molecule has 1 aromatic carbocycles. The van der Waals surface area contributed by atoms with Crippen molar-refractivity contribution in [3.63, 3.8) is 0 Å². The Morgan fingerprint density at radius 3 is 2.80 bits per heavy atom. The van der Waals surface area contributed by atoms with Gasteiger partial charge in [0, 0.05) is 23.7 Å². The smallest absolute Gasteiger partial charge is 0.251 e.